The van der Waals surface area contributed by atoms with Gasteiger partial charge in [-0.05, 0) is 33.5 Å². The third kappa shape index (κ3) is 3.99. The van der Waals surface area contributed by atoms with Crippen molar-refractivity contribution in [2.24, 2.45) is 0 Å². The second kappa shape index (κ2) is 6.42. The Morgan fingerprint density at radius 1 is 1.50 bits per heavy atom. The molecule has 0 spiro atoms. The summed E-state index contributed by atoms with van der Waals surface area (Å²) in [4.78, 5) is 24.0. The molecular formula is C13H18FN3O3. The van der Waals surface area contributed by atoms with Crippen LogP contribution in [0.15, 0.2) is 12.1 Å². The Labute approximate surface area is 116 Å². The third-order valence-corrected chi connectivity index (χ3v) is 2.71. The number of aryl methyl sites for hydroxylation is 1. The SMILES string of the molecule is Cc1cc([N+](=O)[O-])cc(C(=O)NC(C)CN(C)C)c1F. The van der Waals surface area contributed by atoms with E-state index in [1.165, 1.54) is 6.92 Å². The van der Waals surface area contributed by atoms with Gasteiger partial charge in [0.05, 0.1) is 10.5 Å². The summed E-state index contributed by atoms with van der Waals surface area (Å²) in [5.74, 6) is -1.38. The molecule has 1 rings (SSSR count). The highest BCUT2D eigenvalue weighted by Crippen LogP contribution is 2.21. The molecular weight excluding hydrogens is 265 g/mol. The molecule has 0 saturated carbocycles. The standard InChI is InChI=1S/C13H18FN3O3/c1-8-5-10(17(19)20)6-11(12(8)14)13(18)15-9(2)7-16(3)4/h5-6,9H,7H2,1-4H3,(H,15,18). The van der Waals surface area contributed by atoms with Gasteiger partial charge in [-0.25, -0.2) is 4.39 Å². The normalized spacial score (nSPS) is 12.3. The van der Waals surface area contributed by atoms with Crippen LogP contribution in [0, 0.1) is 22.9 Å². The third-order valence-electron chi connectivity index (χ3n) is 2.71. The Morgan fingerprint density at radius 3 is 2.60 bits per heavy atom. The second-order valence-electron chi connectivity index (χ2n) is 5.02. The van der Waals surface area contributed by atoms with E-state index >= 15 is 0 Å². The molecule has 1 aromatic rings. The lowest BCUT2D eigenvalue weighted by Gasteiger charge is -2.18. The van der Waals surface area contributed by atoms with E-state index in [4.69, 9.17) is 0 Å². The molecule has 1 aromatic carbocycles. The van der Waals surface area contributed by atoms with Crippen molar-refractivity contribution in [1.82, 2.24) is 10.2 Å². The van der Waals surface area contributed by atoms with Gasteiger partial charge in [-0.3, -0.25) is 14.9 Å². The summed E-state index contributed by atoms with van der Waals surface area (Å²) in [5, 5.41) is 13.4. The maximum absolute atomic E-state index is 13.9. The summed E-state index contributed by atoms with van der Waals surface area (Å²) in [6.07, 6.45) is 0. The van der Waals surface area contributed by atoms with Gasteiger partial charge in [-0.1, -0.05) is 0 Å². The zero-order valence-corrected chi connectivity index (χ0v) is 11.9. The number of nitro groups is 1. The van der Waals surface area contributed by atoms with E-state index in [1.54, 1.807) is 6.92 Å². The van der Waals surface area contributed by atoms with Gasteiger partial charge in [0.2, 0.25) is 0 Å². The molecule has 0 bridgehead atoms. The van der Waals surface area contributed by atoms with Crippen LogP contribution in [-0.4, -0.2) is 42.4 Å². The minimum Gasteiger partial charge on any atom is -0.348 e. The Balaban J connectivity index is 3.00. The highest BCUT2D eigenvalue weighted by molar-refractivity contribution is 5.95. The summed E-state index contributed by atoms with van der Waals surface area (Å²) in [6, 6.07) is 1.87. The number of carbonyl (C=O) groups is 1. The number of likely N-dealkylation sites (N-methyl/N-ethyl adjacent to an activating group) is 1. The molecule has 0 aliphatic rings. The van der Waals surface area contributed by atoms with Crippen molar-refractivity contribution in [3.05, 3.63) is 39.2 Å². The second-order valence-corrected chi connectivity index (χ2v) is 5.02. The van der Waals surface area contributed by atoms with Gasteiger partial charge < -0.3 is 10.2 Å². The zero-order valence-electron chi connectivity index (χ0n) is 11.9. The maximum atomic E-state index is 13.9. The fraction of sp³-hybridized carbons (Fsp3) is 0.462. The Hall–Kier alpha value is -2.02. The largest absolute Gasteiger partial charge is 0.348 e. The van der Waals surface area contributed by atoms with Crippen molar-refractivity contribution in [3.8, 4) is 0 Å². The monoisotopic (exact) mass is 283 g/mol. The minimum atomic E-state index is -0.731. The topological polar surface area (TPSA) is 75.5 Å². The van der Waals surface area contributed by atoms with E-state index in [0.717, 1.165) is 12.1 Å². The molecule has 6 nitrogen and oxygen atoms in total. The Bertz CT molecular complexity index is 532. The number of hydrogen-bond donors (Lipinski definition) is 1. The summed E-state index contributed by atoms with van der Waals surface area (Å²) in [7, 11) is 3.70. The molecule has 0 saturated heterocycles. The van der Waals surface area contributed by atoms with Gasteiger partial charge in [0.25, 0.3) is 11.6 Å². The van der Waals surface area contributed by atoms with Gasteiger partial charge >= 0.3 is 0 Å². The quantitative estimate of drug-likeness (QED) is 0.659. The summed E-state index contributed by atoms with van der Waals surface area (Å²) in [6.45, 7) is 3.75. The van der Waals surface area contributed by atoms with E-state index in [2.05, 4.69) is 5.32 Å². The number of amides is 1. The molecule has 20 heavy (non-hydrogen) atoms. The summed E-state index contributed by atoms with van der Waals surface area (Å²) < 4.78 is 13.9. The molecule has 1 N–H and O–H groups in total. The summed E-state index contributed by atoms with van der Waals surface area (Å²) >= 11 is 0. The highest BCUT2D eigenvalue weighted by atomic mass is 19.1. The number of nitro benzene ring substituents is 1. The van der Waals surface area contributed by atoms with E-state index in [9.17, 15) is 19.3 Å². The lowest BCUT2D eigenvalue weighted by atomic mass is 10.1. The van der Waals surface area contributed by atoms with Gasteiger partial charge in [-0.2, -0.15) is 0 Å². The number of non-ortho nitro benzene ring substituents is 1. The van der Waals surface area contributed by atoms with Crippen LogP contribution in [0.2, 0.25) is 0 Å². The molecule has 1 unspecified atom stereocenters. The average Bonchev–Trinajstić information content (AvgIpc) is 2.30. The number of rotatable bonds is 5. The lowest BCUT2D eigenvalue weighted by molar-refractivity contribution is -0.385. The van der Waals surface area contributed by atoms with E-state index in [1.807, 2.05) is 19.0 Å². The first-order chi connectivity index (χ1) is 9.22. The molecule has 0 fully saturated rings. The predicted octanol–water partition coefficient (Wildman–Crippen LogP) is 1.72. The average molecular weight is 283 g/mol. The van der Waals surface area contributed by atoms with Crippen LogP contribution in [0.3, 0.4) is 0 Å². The van der Waals surface area contributed by atoms with Crippen molar-refractivity contribution in [2.45, 2.75) is 19.9 Å². The minimum absolute atomic E-state index is 0.0737. The number of benzene rings is 1. The van der Waals surface area contributed by atoms with Crippen molar-refractivity contribution >= 4 is 11.6 Å². The fourth-order valence-corrected chi connectivity index (χ4v) is 1.92. The number of nitrogens with one attached hydrogen (secondary N) is 1. The van der Waals surface area contributed by atoms with E-state index in [-0.39, 0.29) is 22.9 Å². The van der Waals surface area contributed by atoms with Crippen LogP contribution in [0.1, 0.15) is 22.8 Å². The van der Waals surface area contributed by atoms with E-state index in [0.29, 0.717) is 6.54 Å². The molecule has 0 radical (unpaired) electrons. The molecule has 0 heterocycles. The van der Waals surface area contributed by atoms with E-state index < -0.39 is 16.6 Å². The summed E-state index contributed by atoms with van der Waals surface area (Å²) in [5.41, 5.74) is -0.527. The molecule has 1 amide bonds. The highest BCUT2D eigenvalue weighted by Gasteiger charge is 2.20. The number of halogens is 1. The first-order valence-corrected chi connectivity index (χ1v) is 6.12. The van der Waals surface area contributed by atoms with Crippen molar-refractivity contribution < 1.29 is 14.1 Å². The van der Waals surface area contributed by atoms with Gasteiger partial charge in [-0.15, -0.1) is 0 Å². The maximum Gasteiger partial charge on any atom is 0.270 e. The van der Waals surface area contributed by atoms with Crippen LogP contribution in [0.4, 0.5) is 10.1 Å². The Kier molecular flexibility index (Phi) is 5.15. The number of hydrogen-bond acceptors (Lipinski definition) is 4. The molecule has 110 valence electrons. The van der Waals surface area contributed by atoms with Crippen molar-refractivity contribution in [1.29, 1.82) is 0 Å². The van der Waals surface area contributed by atoms with Gasteiger partial charge in [0.1, 0.15) is 5.82 Å². The fourth-order valence-electron chi connectivity index (χ4n) is 1.92. The predicted molar refractivity (Wildman–Crippen MR) is 73.3 cm³/mol. The number of nitrogens with zero attached hydrogens (tertiary/aromatic N) is 2. The Morgan fingerprint density at radius 2 is 2.10 bits per heavy atom. The molecule has 7 heteroatoms. The van der Waals surface area contributed by atoms with Crippen molar-refractivity contribution in [2.75, 3.05) is 20.6 Å². The first kappa shape index (κ1) is 16.0. The van der Waals surface area contributed by atoms with Crippen LogP contribution in [-0.2, 0) is 0 Å². The zero-order chi connectivity index (χ0) is 15.4. The smallest absolute Gasteiger partial charge is 0.270 e. The van der Waals surface area contributed by atoms with Crippen LogP contribution in [0.5, 0.6) is 0 Å². The van der Waals surface area contributed by atoms with Gasteiger partial charge in [0, 0.05) is 24.7 Å². The lowest BCUT2D eigenvalue weighted by Crippen LogP contribution is -2.39. The van der Waals surface area contributed by atoms with Gasteiger partial charge in [0.15, 0.2) is 0 Å². The molecule has 1 atom stereocenters. The van der Waals surface area contributed by atoms with Crippen LogP contribution < -0.4 is 5.32 Å². The first-order valence-electron chi connectivity index (χ1n) is 6.12. The van der Waals surface area contributed by atoms with Crippen molar-refractivity contribution in [3.63, 3.8) is 0 Å². The molecule has 0 aliphatic heterocycles. The number of carbonyl (C=O) groups excluding carboxylic acids is 1. The molecule has 0 aromatic heterocycles. The van der Waals surface area contributed by atoms with Crippen LogP contribution >= 0.6 is 0 Å². The van der Waals surface area contributed by atoms with Crippen LogP contribution in [0.25, 0.3) is 0 Å². The molecule has 0 aliphatic carbocycles.